The van der Waals surface area contributed by atoms with E-state index in [1.807, 2.05) is 13.0 Å². The summed E-state index contributed by atoms with van der Waals surface area (Å²) in [5, 5.41) is 4.21. The highest BCUT2D eigenvalue weighted by Crippen LogP contribution is 2.42. The SMILES string of the molecule is COC(=O)C1(COc2cc(C)c(-c3ccc(-c4nc(S(C)(=O)=O)n(COCC[S+](C)C)n4)cn3)cn2)CCC1. The maximum atomic E-state index is 12.3. The number of rotatable bonds is 12. The monoisotopic (exact) mass is 576 g/mol. The summed E-state index contributed by atoms with van der Waals surface area (Å²) in [4.78, 5) is 25.3. The van der Waals surface area contributed by atoms with Crippen LogP contribution in [0.2, 0.25) is 0 Å². The van der Waals surface area contributed by atoms with E-state index in [4.69, 9.17) is 14.2 Å². The Balaban J connectivity index is 1.47. The number of pyridine rings is 2. The number of hydrogen-bond donors (Lipinski definition) is 0. The van der Waals surface area contributed by atoms with E-state index in [-0.39, 0.29) is 41.2 Å². The third-order valence-corrected chi connectivity index (χ3v) is 8.58. The van der Waals surface area contributed by atoms with Gasteiger partial charge in [0.1, 0.15) is 24.5 Å². The van der Waals surface area contributed by atoms with Gasteiger partial charge in [0.25, 0.3) is 0 Å². The zero-order valence-corrected chi connectivity index (χ0v) is 24.5. The van der Waals surface area contributed by atoms with Crippen molar-refractivity contribution < 1.29 is 27.4 Å². The van der Waals surface area contributed by atoms with E-state index in [1.54, 1.807) is 24.5 Å². The predicted octanol–water partition coefficient (Wildman–Crippen LogP) is 2.69. The first kappa shape index (κ1) is 29.0. The smallest absolute Gasteiger partial charge is 0.315 e. The first-order chi connectivity index (χ1) is 18.5. The first-order valence-corrected chi connectivity index (χ1v) is 16.5. The van der Waals surface area contributed by atoms with E-state index in [2.05, 4.69) is 32.6 Å². The van der Waals surface area contributed by atoms with Crippen molar-refractivity contribution in [1.29, 1.82) is 0 Å². The predicted molar refractivity (Wildman–Crippen MR) is 148 cm³/mol. The van der Waals surface area contributed by atoms with Crippen LogP contribution in [0.5, 0.6) is 5.88 Å². The Labute approximate surface area is 231 Å². The van der Waals surface area contributed by atoms with Gasteiger partial charge in [-0.05, 0) is 48.4 Å². The van der Waals surface area contributed by atoms with E-state index < -0.39 is 15.3 Å². The summed E-state index contributed by atoms with van der Waals surface area (Å²) in [6.07, 6.45) is 11.1. The summed E-state index contributed by atoms with van der Waals surface area (Å²) in [6.45, 7) is 2.67. The molecule has 1 saturated carbocycles. The second-order valence-corrected chi connectivity index (χ2v) is 14.2. The van der Waals surface area contributed by atoms with Crippen LogP contribution in [-0.4, -0.2) is 84.0 Å². The fourth-order valence-electron chi connectivity index (χ4n) is 4.19. The lowest BCUT2D eigenvalue weighted by atomic mass is 9.69. The average Bonchev–Trinajstić information content (AvgIpc) is 3.31. The van der Waals surface area contributed by atoms with E-state index in [0.29, 0.717) is 23.7 Å². The molecule has 1 aliphatic carbocycles. The molecule has 0 unspecified atom stereocenters. The Bertz CT molecular complexity index is 1420. The quantitative estimate of drug-likeness (QED) is 0.180. The van der Waals surface area contributed by atoms with Gasteiger partial charge in [-0.15, -0.1) is 5.10 Å². The molecule has 4 rings (SSSR count). The van der Waals surface area contributed by atoms with Crippen LogP contribution in [0.3, 0.4) is 0 Å². The lowest BCUT2D eigenvalue weighted by Crippen LogP contribution is -2.44. The molecule has 0 aromatic carbocycles. The summed E-state index contributed by atoms with van der Waals surface area (Å²) in [5.41, 5.74) is 2.39. The number of carbonyl (C=O) groups excluding carboxylic acids is 1. The van der Waals surface area contributed by atoms with Crippen molar-refractivity contribution >= 4 is 26.7 Å². The number of aromatic nitrogens is 5. The number of carbonyl (C=O) groups is 1. The highest BCUT2D eigenvalue weighted by molar-refractivity contribution is 7.95. The summed E-state index contributed by atoms with van der Waals surface area (Å²) in [7, 11) is -1.98. The molecule has 0 bridgehead atoms. The van der Waals surface area contributed by atoms with E-state index in [0.717, 1.165) is 42.4 Å². The Morgan fingerprint density at radius 1 is 1.18 bits per heavy atom. The zero-order valence-electron chi connectivity index (χ0n) is 22.8. The number of ether oxygens (including phenoxy) is 3. The molecule has 0 spiro atoms. The van der Waals surface area contributed by atoms with Crippen LogP contribution < -0.4 is 4.74 Å². The minimum absolute atomic E-state index is 0.00184. The fraction of sp³-hybridized carbons (Fsp3) is 0.500. The minimum Gasteiger partial charge on any atom is -0.476 e. The summed E-state index contributed by atoms with van der Waals surface area (Å²) >= 11 is 0. The Morgan fingerprint density at radius 2 is 1.95 bits per heavy atom. The molecular formula is C26H34N5O6S2+. The second kappa shape index (κ2) is 12.0. The molecule has 3 aromatic heterocycles. The third kappa shape index (κ3) is 6.76. The van der Waals surface area contributed by atoms with Crippen LogP contribution >= 0.6 is 0 Å². The van der Waals surface area contributed by atoms with Crippen LogP contribution in [0.15, 0.2) is 35.7 Å². The fourth-order valence-corrected chi connectivity index (χ4v) is 5.37. The summed E-state index contributed by atoms with van der Waals surface area (Å²) in [6, 6.07) is 5.41. The molecule has 0 aliphatic heterocycles. The van der Waals surface area contributed by atoms with Crippen molar-refractivity contribution in [1.82, 2.24) is 24.7 Å². The molecule has 0 amide bonds. The van der Waals surface area contributed by atoms with Gasteiger partial charge in [-0.25, -0.2) is 18.1 Å². The lowest BCUT2D eigenvalue weighted by Gasteiger charge is -2.38. The third-order valence-electron chi connectivity index (χ3n) is 6.63. The Hall–Kier alpha value is -3.03. The number of nitrogens with zero attached hydrogens (tertiary/aromatic N) is 5. The molecule has 0 N–H and O–H groups in total. The molecular weight excluding hydrogens is 542 g/mol. The molecule has 3 heterocycles. The zero-order chi connectivity index (χ0) is 28.2. The Kier molecular flexibility index (Phi) is 8.92. The van der Waals surface area contributed by atoms with Gasteiger partial charge in [0.15, 0.2) is 5.82 Å². The van der Waals surface area contributed by atoms with Crippen molar-refractivity contribution in [3.8, 4) is 28.5 Å². The van der Waals surface area contributed by atoms with Gasteiger partial charge in [-0.3, -0.25) is 9.78 Å². The number of hydrogen-bond acceptors (Lipinski definition) is 10. The molecule has 0 radical (unpaired) electrons. The van der Waals surface area contributed by atoms with Crippen molar-refractivity contribution in [2.75, 3.05) is 44.8 Å². The molecule has 39 heavy (non-hydrogen) atoms. The molecule has 0 atom stereocenters. The largest absolute Gasteiger partial charge is 0.476 e. The number of aryl methyl sites for hydroxylation is 1. The van der Waals surface area contributed by atoms with Gasteiger partial charge in [0.2, 0.25) is 20.9 Å². The standard InChI is InChI=1S/C26H34N5O6S2/c1-18-13-22(37-16-26(9-6-10-26)24(32)35-2)28-15-20(18)21-8-7-19(14-27-21)23-29-25(39(5,33)34)31(30-23)17-36-11-12-38(3)4/h7-8,13-15H,6,9-12,16-17H2,1-5H3/q+1. The first-order valence-electron chi connectivity index (χ1n) is 12.4. The van der Waals surface area contributed by atoms with Crippen LogP contribution in [-0.2, 0) is 41.7 Å². The van der Waals surface area contributed by atoms with Crippen molar-refractivity contribution in [3.05, 3.63) is 36.2 Å². The van der Waals surface area contributed by atoms with Gasteiger partial charge in [-0.2, -0.15) is 4.98 Å². The average molecular weight is 577 g/mol. The maximum absolute atomic E-state index is 12.3. The topological polar surface area (TPSA) is 135 Å². The molecule has 1 aliphatic rings. The molecule has 13 heteroatoms. The van der Waals surface area contributed by atoms with Crippen molar-refractivity contribution in [3.63, 3.8) is 0 Å². The van der Waals surface area contributed by atoms with Crippen LogP contribution in [0, 0.1) is 12.3 Å². The summed E-state index contributed by atoms with van der Waals surface area (Å²) in [5.74, 6) is 1.32. The number of esters is 1. The van der Waals surface area contributed by atoms with Gasteiger partial charge >= 0.3 is 5.97 Å². The summed E-state index contributed by atoms with van der Waals surface area (Å²) < 4.78 is 42.3. The highest BCUT2D eigenvalue weighted by atomic mass is 32.2. The van der Waals surface area contributed by atoms with Crippen molar-refractivity contribution in [2.24, 2.45) is 5.41 Å². The number of sulfone groups is 1. The minimum atomic E-state index is -3.61. The van der Waals surface area contributed by atoms with Crippen LogP contribution in [0.25, 0.3) is 22.6 Å². The normalized spacial score (nSPS) is 14.7. The molecule has 1 fully saturated rings. The Morgan fingerprint density at radius 3 is 2.51 bits per heavy atom. The number of methoxy groups -OCH3 is 1. The molecule has 11 nitrogen and oxygen atoms in total. The molecule has 210 valence electrons. The van der Waals surface area contributed by atoms with Gasteiger partial charge < -0.3 is 14.2 Å². The van der Waals surface area contributed by atoms with E-state index >= 15 is 0 Å². The molecule has 0 saturated heterocycles. The van der Waals surface area contributed by atoms with Gasteiger partial charge in [0, 0.05) is 35.8 Å². The van der Waals surface area contributed by atoms with Gasteiger partial charge in [0.05, 0.1) is 31.9 Å². The van der Waals surface area contributed by atoms with Gasteiger partial charge in [-0.1, -0.05) is 6.42 Å². The molecule has 3 aromatic rings. The second-order valence-electron chi connectivity index (χ2n) is 9.90. The van der Waals surface area contributed by atoms with Crippen LogP contribution in [0.4, 0.5) is 0 Å². The lowest BCUT2D eigenvalue weighted by molar-refractivity contribution is -0.161. The highest BCUT2D eigenvalue weighted by Gasteiger charge is 2.46. The maximum Gasteiger partial charge on any atom is 0.315 e. The van der Waals surface area contributed by atoms with E-state index in [9.17, 15) is 13.2 Å². The van der Waals surface area contributed by atoms with E-state index in [1.165, 1.54) is 11.8 Å². The van der Waals surface area contributed by atoms with Crippen LogP contribution in [0.1, 0.15) is 24.8 Å². The van der Waals surface area contributed by atoms with Crippen molar-refractivity contribution in [2.45, 2.75) is 38.1 Å².